The van der Waals surface area contributed by atoms with E-state index in [4.69, 9.17) is 0 Å². The van der Waals surface area contributed by atoms with Crippen LogP contribution in [0.5, 0.6) is 0 Å². The van der Waals surface area contributed by atoms with E-state index in [9.17, 15) is 14.7 Å². The second-order valence-electron chi connectivity index (χ2n) is 5.90. The Labute approximate surface area is 101 Å². The summed E-state index contributed by atoms with van der Waals surface area (Å²) >= 11 is 0. The molecule has 2 amide bonds. The summed E-state index contributed by atoms with van der Waals surface area (Å²) in [6.07, 6.45) is 4.01. The lowest BCUT2D eigenvalue weighted by molar-refractivity contribution is -0.144. The number of rotatable bonds is 5. The molecule has 0 radical (unpaired) electrons. The second kappa shape index (κ2) is 3.89. The average molecular weight is 240 g/mol. The molecule has 2 fully saturated rings. The maximum Gasteiger partial charge on any atom is 0.329 e. The van der Waals surface area contributed by atoms with Crippen LogP contribution in [-0.4, -0.2) is 29.2 Å². The molecule has 2 aliphatic carbocycles. The Morgan fingerprint density at radius 3 is 2.41 bits per heavy atom. The first-order chi connectivity index (χ1) is 7.86. The SMILES string of the molecule is CC1(CNC(=O)NC(C)(C(=O)O)C2CC2)CC1. The molecule has 3 N–H and O–H groups in total. The van der Waals surface area contributed by atoms with Gasteiger partial charge in [-0.1, -0.05) is 6.92 Å². The van der Waals surface area contributed by atoms with Crippen molar-refractivity contribution in [2.75, 3.05) is 6.54 Å². The summed E-state index contributed by atoms with van der Waals surface area (Å²) in [7, 11) is 0. The maximum atomic E-state index is 11.7. The van der Waals surface area contributed by atoms with Crippen molar-refractivity contribution < 1.29 is 14.7 Å². The van der Waals surface area contributed by atoms with E-state index in [0.29, 0.717) is 6.54 Å². The molecular weight excluding hydrogens is 220 g/mol. The molecule has 0 heterocycles. The lowest BCUT2D eigenvalue weighted by Gasteiger charge is -2.26. The number of carbonyl (C=O) groups excluding carboxylic acids is 1. The summed E-state index contributed by atoms with van der Waals surface area (Å²) in [4.78, 5) is 22.9. The van der Waals surface area contributed by atoms with Crippen molar-refractivity contribution >= 4 is 12.0 Å². The minimum atomic E-state index is -1.12. The molecule has 17 heavy (non-hydrogen) atoms. The summed E-state index contributed by atoms with van der Waals surface area (Å²) in [5, 5.41) is 14.6. The molecular formula is C12H20N2O3. The first-order valence-electron chi connectivity index (χ1n) is 6.15. The van der Waals surface area contributed by atoms with Crippen LogP contribution in [0.15, 0.2) is 0 Å². The Balaban J connectivity index is 1.85. The number of carboxylic acids is 1. The molecule has 0 bridgehead atoms. The quantitative estimate of drug-likeness (QED) is 0.678. The number of hydrogen-bond donors (Lipinski definition) is 3. The van der Waals surface area contributed by atoms with Gasteiger partial charge in [0.15, 0.2) is 0 Å². The summed E-state index contributed by atoms with van der Waals surface area (Å²) < 4.78 is 0. The number of carbonyl (C=O) groups is 2. The number of carboxylic acid groups (broad SMARTS) is 1. The van der Waals surface area contributed by atoms with E-state index in [-0.39, 0.29) is 17.4 Å². The first kappa shape index (κ1) is 12.2. The van der Waals surface area contributed by atoms with Gasteiger partial charge in [0.1, 0.15) is 5.54 Å². The van der Waals surface area contributed by atoms with Gasteiger partial charge in [0, 0.05) is 6.54 Å². The molecule has 1 atom stereocenters. The fourth-order valence-electron chi connectivity index (χ4n) is 1.95. The third-order valence-corrected chi connectivity index (χ3v) is 3.99. The average Bonchev–Trinajstić information content (AvgIpc) is 3.09. The molecule has 0 spiro atoms. The van der Waals surface area contributed by atoms with Crippen molar-refractivity contribution in [3.05, 3.63) is 0 Å². The van der Waals surface area contributed by atoms with Crippen LogP contribution < -0.4 is 10.6 Å². The van der Waals surface area contributed by atoms with Crippen molar-refractivity contribution in [3.8, 4) is 0 Å². The van der Waals surface area contributed by atoms with Gasteiger partial charge in [-0.05, 0) is 43.9 Å². The normalized spacial score (nSPS) is 24.6. The first-order valence-corrected chi connectivity index (χ1v) is 6.15. The molecule has 1 unspecified atom stereocenters. The van der Waals surface area contributed by atoms with Crippen LogP contribution in [0, 0.1) is 11.3 Å². The van der Waals surface area contributed by atoms with E-state index in [1.165, 1.54) is 0 Å². The third kappa shape index (κ3) is 2.70. The molecule has 0 saturated heterocycles. The Hall–Kier alpha value is -1.26. The topological polar surface area (TPSA) is 78.4 Å². The number of amides is 2. The largest absolute Gasteiger partial charge is 0.480 e. The standard InChI is InChI=1S/C12H20N2O3/c1-11(5-6-11)7-13-10(17)14-12(2,9(15)16)8-3-4-8/h8H,3-7H2,1-2H3,(H,15,16)(H2,13,14,17). The van der Waals surface area contributed by atoms with Gasteiger partial charge in [0.05, 0.1) is 0 Å². The van der Waals surface area contributed by atoms with Gasteiger partial charge in [0.2, 0.25) is 0 Å². The lowest BCUT2D eigenvalue weighted by atomic mass is 9.96. The van der Waals surface area contributed by atoms with E-state index in [1.54, 1.807) is 6.92 Å². The molecule has 2 aliphatic rings. The van der Waals surface area contributed by atoms with Crippen molar-refractivity contribution in [1.29, 1.82) is 0 Å². The number of urea groups is 1. The summed E-state index contributed by atoms with van der Waals surface area (Å²) in [6, 6.07) is -0.366. The van der Waals surface area contributed by atoms with Gasteiger partial charge in [-0.3, -0.25) is 0 Å². The zero-order valence-corrected chi connectivity index (χ0v) is 10.4. The summed E-state index contributed by atoms with van der Waals surface area (Å²) in [6.45, 7) is 4.33. The van der Waals surface area contributed by atoms with E-state index < -0.39 is 11.5 Å². The number of aliphatic carboxylic acids is 1. The summed E-state index contributed by atoms with van der Waals surface area (Å²) in [5.74, 6) is -0.880. The van der Waals surface area contributed by atoms with Crippen LogP contribution in [0.1, 0.15) is 39.5 Å². The van der Waals surface area contributed by atoms with Crippen molar-refractivity contribution in [3.63, 3.8) is 0 Å². The molecule has 96 valence electrons. The number of nitrogens with one attached hydrogen (secondary N) is 2. The van der Waals surface area contributed by atoms with Crippen LogP contribution in [0.3, 0.4) is 0 Å². The fourth-order valence-corrected chi connectivity index (χ4v) is 1.95. The Bertz CT molecular complexity index is 348. The van der Waals surface area contributed by atoms with E-state index in [0.717, 1.165) is 25.7 Å². The monoisotopic (exact) mass is 240 g/mol. The minimum Gasteiger partial charge on any atom is -0.480 e. The molecule has 0 aromatic rings. The van der Waals surface area contributed by atoms with E-state index in [1.807, 2.05) is 0 Å². The van der Waals surface area contributed by atoms with Crippen molar-refractivity contribution in [2.45, 2.75) is 45.1 Å². The zero-order valence-electron chi connectivity index (χ0n) is 10.4. The molecule has 0 aliphatic heterocycles. The predicted octanol–water partition coefficient (Wildman–Crippen LogP) is 1.34. The van der Waals surface area contributed by atoms with Gasteiger partial charge in [-0.15, -0.1) is 0 Å². The van der Waals surface area contributed by atoms with Crippen LogP contribution in [0.4, 0.5) is 4.79 Å². The van der Waals surface area contributed by atoms with Gasteiger partial charge in [0.25, 0.3) is 0 Å². The zero-order chi connectivity index (χ0) is 12.7. The van der Waals surface area contributed by atoms with Crippen LogP contribution in [-0.2, 0) is 4.79 Å². The Morgan fingerprint density at radius 1 is 1.41 bits per heavy atom. The molecule has 2 rings (SSSR count). The maximum absolute atomic E-state index is 11.7. The highest BCUT2D eigenvalue weighted by Gasteiger charge is 2.48. The molecule has 2 saturated carbocycles. The molecule has 5 heteroatoms. The van der Waals surface area contributed by atoms with Gasteiger partial charge < -0.3 is 15.7 Å². The van der Waals surface area contributed by atoms with Gasteiger partial charge in [-0.2, -0.15) is 0 Å². The van der Waals surface area contributed by atoms with Crippen molar-refractivity contribution in [1.82, 2.24) is 10.6 Å². The predicted molar refractivity (Wildman–Crippen MR) is 62.6 cm³/mol. The molecule has 0 aromatic carbocycles. The smallest absolute Gasteiger partial charge is 0.329 e. The van der Waals surface area contributed by atoms with E-state index >= 15 is 0 Å². The van der Waals surface area contributed by atoms with Crippen molar-refractivity contribution in [2.24, 2.45) is 11.3 Å². The Kier molecular flexibility index (Phi) is 2.79. The fraction of sp³-hybridized carbons (Fsp3) is 0.833. The van der Waals surface area contributed by atoms with Crippen LogP contribution >= 0.6 is 0 Å². The minimum absolute atomic E-state index is 0.0715. The summed E-state index contributed by atoms with van der Waals surface area (Å²) in [5.41, 5.74) is -0.884. The van der Waals surface area contributed by atoms with Gasteiger partial charge >= 0.3 is 12.0 Å². The van der Waals surface area contributed by atoms with Gasteiger partial charge in [-0.25, -0.2) is 9.59 Å². The highest BCUT2D eigenvalue weighted by molar-refractivity contribution is 5.86. The Morgan fingerprint density at radius 2 is 2.00 bits per heavy atom. The molecule has 0 aromatic heterocycles. The van der Waals surface area contributed by atoms with Crippen LogP contribution in [0.25, 0.3) is 0 Å². The van der Waals surface area contributed by atoms with Crippen LogP contribution in [0.2, 0.25) is 0 Å². The third-order valence-electron chi connectivity index (χ3n) is 3.99. The second-order valence-corrected chi connectivity index (χ2v) is 5.90. The highest BCUT2D eigenvalue weighted by Crippen LogP contribution is 2.44. The number of hydrogen-bond acceptors (Lipinski definition) is 2. The molecule has 5 nitrogen and oxygen atoms in total. The van der Waals surface area contributed by atoms with E-state index in [2.05, 4.69) is 17.6 Å². The lowest BCUT2D eigenvalue weighted by Crippen LogP contribution is -2.57. The highest BCUT2D eigenvalue weighted by atomic mass is 16.4.